The number of carbonyl (C=O) groups excluding carboxylic acids is 1. The molecule has 0 unspecified atom stereocenters. The molecule has 7 nitrogen and oxygen atoms in total. The zero-order valence-corrected chi connectivity index (χ0v) is 18.5. The lowest BCUT2D eigenvalue weighted by molar-refractivity contribution is -0.274. The largest absolute Gasteiger partial charge is 0.573 e. The monoisotopic (exact) mass is 471 g/mol. The smallest absolute Gasteiger partial charge is 0.406 e. The zero-order valence-electron chi connectivity index (χ0n) is 18.5. The summed E-state index contributed by atoms with van der Waals surface area (Å²) in [7, 11) is 0. The van der Waals surface area contributed by atoms with Crippen LogP contribution in [0.1, 0.15) is 35.3 Å². The molecule has 178 valence electrons. The van der Waals surface area contributed by atoms with E-state index in [1.54, 1.807) is 24.3 Å². The molecule has 4 rings (SSSR count). The Balaban J connectivity index is 1.38. The lowest BCUT2D eigenvalue weighted by Crippen LogP contribution is -2.31. The van der Waals surface area contributed by atoms with Gasteiger partial charge in [-0.25, -0.2) is 4.98 Å². The summed E-state index contributed by atoms with van der Waals surface area (Å²) in [5.41, 5.74) is 2.40. The summed E-state index contributed by atoms with van der Waals surface area (Å²) in [4.78, 5) is 23.8. The molecule has 0 saturated carbocycles. The maximum Gasteiger partial charge on any atom is 0.573 e. The number of nitrogens with zero attached hydrogens (tertiary/aromatic N) is 3. The highest BCUT2D eigenvalue weighted by Gasteiger charge is 2.31. The van der Waals surface area contributed by atoms with Crippen LogP contribution in [0.3, 0.4) is 0 Å². The lowest BCUT2D eigenvalue weighted by Gasteiger charge is -2.27. The number of hydrogen-bond donors (Lipinski definition) is 2. The van der Waals surface area contributed by atoms with Crippen molar-refractivity contribution in [1.82, 2.24) is 9.97 Å². The molecule has 0 bridgehead atoms. The molecule has 1 aromatic heterocycles. The molecule has 0 spiro atoms. The number of halogens is 3. The van der Waals surface area contributed by atoms with E-state index in [0.717, 1.165) is 55.4 Å². The van der Waals surface area contributed by atoms with Crippen LogP contribution in [-0.4, -0.2) is 35.3 Å². The van der Waals surface area contributed by atoms with E-state index in [9.17, 15) is 18.0 Å². The number of nitrogens with one attached hydrogen (secondary N) is 2. The number of aryl methyl sites for hydroxylation is 1. The number of carbonyl (C=O) groups is 1. The number of rotatable bonds is 6. The van der Waals surface area contributed by atoms with E-state index >= 15 is 0 Å². The van der Waals surface area contributed by atoms with Crippen molar-refractivity contribution in [3.8, 4) is 5.75 Å². The molecule has 2 heterocycles. The third-order valence-corrected chi connectivity index (χ3v) is 5.25. The summed E-state index contributed by atoms with van der Waals surface area (Å²) >= 11 is 0. The molecule has 0 aliphatic carbocycles. The maximum absolute atomic E-state index is 12.4. The van der Waals surface area contributed by atoms with Crippen molar-refractivity contribution in [2.24, 2.45) is 0 Å². The second-order valence-corrected chi connectivity index (χ2v) is 7.97. The molecular formula is C24H24F3N5O2. The minimum atomic E-state index is -4.78. The molecule has 1 amide bonds. The van der Waals surface area contributed by atoms with Gasteiger partial charge in [-0.15, -0.1) is 13.2 Å². The van der Waals surface area contributed by atoms with Gasteiger partial charge in [-0.05, 0) is 74.7 Å². The van der Waals surface area contributed by atoms with Crippen LogP contribution < -0.4 is 20.3 Å². The van der Waals surface area contributed by atoms with E-state index in [2.05, 4.69) is 30.2 Å². The normalized spacial score (nSPS) is 13.9. The minimum absolute atomic E-state index is 0.207. The number of amides is 1. The SMILES string of the molecule is Cc1cc(Nc2ccc(NC(=O)c3ccc(OC(F)(F)F)cc3)cc2)nc(N2CCCCC2)n1. The zero-order chi connectivity index (χ0) is 24.1. The third-order valence-electron chi connectivity index (χ3n) is 5.25. The van der Waals surface area contributed by atoms with Gasteiger partial charge < -0.3 is 20.3 Å². The Morgan fingerprint density at radius 3 is 2.24 bits per heavy atom. The summed E-state index contributed by atoms with van der Waals surface area (Å²) in [6, 6.07) is 13.6. The van der Waals surface area contributed by atoms with Crippen LogP contribution in [-0.2, 0) is 0 Å². The first-order valence-corrected chi connectivity index (χ1v) is 10.9. The summed E-state index contributed by atoms with van der Waals surface area (Å²) in [5.74, 6) is 0.573. The van der Waals surface area contributed by atoms with Gasteiger partial charge >= 0.3 is 6.36 Å². The van der Waals surface area contributed by atoms with Gasteiger partial charge in [0.1, 0.15) is 11.6 Å². The fraction of sp³-hybridized carbons (Fsp3) is 0.292. The molecule has 1 fully saturated rings. The Labute approximate surface area is 195 Å². The Kier molecular flexibility index (Phi) is 6.85. The van der Waals surface area contributed by atoms with Crippen LogP contribution in [0.2, 0.25) is 0 Å². The number of aromatic nitrogens is 2. The van der Waals surface area contributed by atoms with Gasteiger partial charge in [0.2, 0.25) is 5.95 Å². The van der Waals surface area contributed by atoms with E-state index in [0.29, 0.717) is 11.5 Å². The predicted octanol–water partition coefficient (Wildman–Crippen LogP) is 5.67. The van der Waals surface area contributed by atoms with Crippen LogP contribution >= 0.6 is 0 Å². The highest BCUT2D eigenvalue weighted by atomic mass is 19.4. The van der Waals surface area contributed by atoms with Crippen molar-refractivity contribution < 1.29 is 22.7 Å². The van der Waals surface area contributed by atoms with Crippen molar-refractivity contribution in [3.05, 3.63) is 65.9 Å². The molecule has 0 radical (unpaired) electrons. The first-order chi connectivity index (χ1) is 16.2. The fourth-order valence-corrected chi connectivity index (χ4v) is 3.65. The number of alkyl halides is 3. The highest BCUT2D eigenvalue weighted by molar-refractivity contribution is 6.04. The van der Waals surface area contributed by atoms with Crippen molar-refractivity contribution in [2.75, 3.05) is 28.6 Å². The molecule has 10 heteroatoms. The molecule has 34 heavy (non-hydrogen) atoms. The van der Waals surface area contributed by atoms with E-state index in [1.807, 2.05) is 13.0 Å². The number of anilines is 4. The number of benzene rings is 2. The van der Waals surface area contributed by atoms with Crippen molar-refractivity contribution >= 4 is 29.0 Å². The summed E-state index contributed by atoms with van der Waals surface area (Å²) in [6.07, 6.45) is -1.27. The average molecular weight is 471 g/mol. The average Bonchev–Trinajstić information content (AvgIpc) is 2.80. The fourth-order valence-electron chi connectivity index (χ4n) is 3.65. The Morgan fingerprint density at radius 2 is 1.59 bits per heavy atom. The Hall–Kier alpha value is -3.82. The molecule has 1 saturated heterocycles. The van der Waals surface area contributed by atoms with Gasteiger partial charge in [-0.1, -0.05) is 0 Å². The molecule has 2 aromatic carbocycles. The van der Waals surface area contributed by atoms with Gasteiger partial charge in [0.15, 0.2) is 0 Å². The molecular weight excluding hydrogens is 447 g/mol. The van der Waals surface area contributed by atoms with Crippen LogP contribution in [0.25, 0.3) is 0 Å². The van der Waals surface area contributed by atoms with E-state index < -0.39 is 12.3 Å². The minimum Gasteiger partial charge on any atom is -0.406 e. The Morgan fingerprint density at radius 1 is 0.941 bits per heavy atom. The third kappa shape index (κ3) is 6.37. The van der Waals surface area contributed by atoms with Gasteiger partial charge in [-0.2, -0.15) is 4.98 Å². The predicted molar refractivity (Wildman–Crippen MR) is 124 cm³/mol. The molecule has 3 aromatic rings. The van der Waals surface area contributed by atoms with E-state index in [-0.39, 0.29) is 11.3 Å². The van der Waals surface area contributed by atoms with Crippen molar-refractivity contribution in [3.63, 3.8) is 0 Å². The Bertz CT molecular complexity index is 1130. The second kappa shape index (κ2) is 9.98. The van der Waals surface area contributed by atoms with E-state index in [1.165, 1.54) is 18.6 Å². The first-order valence-electron chi connectivity index (χ1n) is 10.9. The van der Waals surface area contributed by atoms with Crippen LogP contribution in [0.15, 0.2) is 54.6 Å². The lowest BCUT2D eigenvalue weighted by atomic mass is 10.1. The summed E-state index contributed by atoms with van der Waals surface area (Å²) in [6.45, 7) is 3.84. The number of piperidine rings is 1. The number of ether oxygens (including phenoxy) is 1. The topological polar surface area (TPSA) is 79.4 Å². The second-order valence-electron chi connectivity index (χ2n) is 7.97. The molecule has 2 N–H and O–H groups in total. The van der Waals surface area contributed by atoms with Crippen molar-refractivity contribution in [1.29, 1.82) is 0 Å². The molecule has 1 aliphatic heterocycles. The summed E-state index contributed by atoms with van der Waals surface area (Å²) in [5, 5.41) is 5.98. The molecule has 0 atom stereocenters. The number of hydrogen-bond acceptors (Lipinski definition) is 6. The van der Waals surface area contributed by atoms with Crippen LogP contribution in [0.4, 0.5) is 36.3 Å². The summed E-state index contributed by atoms with van der Waals surface area (Å²) < 4.78 is 40.6. The van der Waals surface area contributed by atoms with E-state index in [4.69, 9.17) is 0 Å². The maximum atomic E-state index is 12.4. The quantitative estimate of drug-likeness (QED) is 0.482. The van der Waals surface area contributed by atoms with Gasteiger partial charge in [-0.3, -0.25) is 4.79 Å². The van der Waals surface area contributed by atoms with Crippen LogP contribution in [0, 0.1) is 6.92 Å². The van der Waals surface area contributed by atoms with Gasteiger partial charge in [0.05, 0.1) is 0 Å². The highest BCUT2D eigenvalue weighted by Crippen LogP contribution is 2.24. The van der Waals surface area contributed by atoms with Crippen molar-refractivity contribution in [2.45, 2.75) is 32.5 Å². The van der Waals surface area contributed by atoms with Gasteiger partial charge in [0.25, 0.3) is 5.91 Å². The molecule has 1 aliphatic rings. The van der Waals surface area contributed by atoms with Crippen LogP contribution in [0.5, 0.6) is 5.75 Å². The standard InChI is InChI=1S/C24H24F3N5O2/c1-16-15-21(31-23(28-16)32-13-3-2-4-14-32)29-18-7-9-19(10-8-18)30-22(33)17-5-11-20(12-6-17)34-24(25,26)27/h5-12,15H,2-4,13-14H2,1H3,(H,30,33)(H,28,29,31). The van der Waals surface area contributed by atoms with Gasteiger partial charge in [0, 0.05) is 41.8 Å². The first kappa shape index (κ1) is 23.3.